The maximum Gasteiger partial charge on any atom is 0.224 e. The number of fused-ring (bicyclic) bond motifs is 1. The van der Waals surface area contributed by atoms with E-state index in [0.717, 1.165) is 40.0 Å². The minimum atomic E-state index is 0.0877. The van der Waals surface area contributed by atoms with Gasteiger partial charge in [0.05, 0.1) is 11.4 Å². The number of rotatable bonds is 3. The van der Waals surface area contributed by atoms with Gasteiger partial charge in [-0.25, -0.2) is 4.99 Å². The molecule has 2 aliphatic heterocycles. The first kappa shape index (κ1) is 17.8. The summed E-state index contributed by atoms with van der Waals surface area (Å²) in [5.41, 5.74) is 9.48. The fourth-order valence-corrected chi connectivity index (χ4v) is 3.92. The summed E-state index contributed by atoms with van der Waals surface area (Å²) in [7, 11) is 0. The second-order valence-electron chi connectivity index (χ2n) is 7.04. The van der Waals surface area contributed by atoms with Gasteiger partial charge in [-0.15, -0.1) is 0 Å². The molecule has 4 rings (SSSR count). The highest BCUT2D eigenvalue weighted by atomic mass is 32.2. The molecular weight excluding hydrogens is 356 g/mol. The number of hydrogen-bond donors (Lipinski definition) is 2. The summed E-state index contributed by atoms with van der Waals surface area (Å²) in [6, 6.07) is 14.4. The van der Waals surface area contributed by atoms with Crippen molar-refractivity contribution in [3.63, 3.8) is 0 Å². The molecule has 5 nitrogen and oxygen atoms in total. The second kappa shape index (κ2) is 7.56. The van der Waals surface area contributed by atoms with Crippen molar-refractivity contribution in [2.75, 3.05) is 11.1 Å². The molecule has 2 aromatic carbocycles. The summed E-state index contributed by atoms with van der Waals surface area (Å²) in [6.07, 6.45) is 1.32. The number of anilines is 1. The van der Waals surface area contributed by atoms with Crippen LogP contribution in [0, 0.1) is 0 Å². The molecule has 0 saturated carbocycles. The molecule has 138 valence electrons. The number of thioether (sulfide) groups is 1. The Hall–Kier alpha value is -2.60. The van der Waals surface area contributed by atoms with Gasteiger partial charge in [-0.2, -0.15) is 5.10 Å². The Bertz CT molecular complexity index is 932. The third-order valence-corrected chi connectivity index (χ3v) is 5.63. The van der Waals surface area contributed by atoms with Crippen LogP contribution in [0.2, 0.25) is 0 Å². The Kier molecular flexibility index (Phi) is 4.99. The first-order chi connectivity index (χ1) is 13.1. The molecule has 0 aliphatic carbocycles. The number of nitrogens with zero attached hydrogens (tertiary/aromatic N) is 2. The van der Waals surface area contributed by atoms with Crippen molar-refractivity contribution in [3.8, 4) is 0 Å². The first-order valence-electron chi connectivity index (χ1n) is 9.15. The van der Waals surface area contributed by atoms with Crippen molar-refractivity contribution in [2.24, 2.45) is 10.1 Å². The molecule has 0 spiro atoms. The van der Waals surface area contributed by atoms with E-state index in [9.17, 15) is 4.79 Å². The van der Waals surface area contributed by atoms with Gasteiger partial charge in [-0.3, -0.25) is 10.2 Å². The van der Waals surface area contributed by atoms with Crippen molar-refractivity contribution >= 4 is 39.9 Å². The van der Waals surface area contributed by atoms with E-state index in [1.165, 1.54) is 11.1 Å². The second-order valence-corrected chi connectivity index (χ2v) is 8.01. The number of nitrogens with one attached hydrogen (secondary N) is 2. The summed E-state index contributed by atoms with van der Waals surface area (Å²) >= 11 is 1.65. The largest absolute Gasteiger partial charge is 0.326 e. The summed E-state index contributed by atoms with van der Waals surface area (Å²) in [6.45, 7) is 4.37. The lowest BCUT2D eigenvalue weighted by atomic mass is 9.99. The Morgan fingerprint density at radius 3 is 2.63 bits per heavy atom. The number of benzene rings is 2. The van der Waals surface area contributed by atoms with Crippen LogP contribution in [0.4, 0.5) is 11.4 Å². The van der Waals surface area contributed by atoms with Gasteiger partial charge < -0.3 is 5.32 Å². The SMILES string of the molecule is CC(C)c1ccc(N=C2NN=C(c3ccc4c(c3)CCC(=O)N4)CS2)cc1. The number of carbonyl (C=O) groups is 1. The molecule has 0 fully saturated rings. The molecule has 2 aliphatic rings. The van der Waals surface area contributed by atoms with E-state index in [1.54, 1.807) is 11.8 Å². The van der Waals surface area contributed by atoms with Crippen LogP contribution < -0.4 is 10.7 Å². The van der Waals surface area contributed by atoms with Crippen LogP contribution in [-0.4, -0.2) is 22.5 Å². The molecule has 0 bridgehead atoms. The molecule has 0 atom stereocenters. The minimum Gasteiger partial charge on any atom is -0.326 e. The fraction of sp³-hybridized carbons (Fsp3) is 0.286. The number of hydrazone groups is 1. The minimum absolute atomic E-state index is 0.0877. The monoisotopic (exact) mass is 378 g/mol. The zero-order chi connectivity index (χ0) is 18.8. The van der Waals surface area contributed by atoms with Crippen LogP contribution in [0.3, 0.4) is 0 Å². The number of amides is 1. The standard InChI is InChI=1S/C21H22N4OS/c1-13(2)14-3-7-17(8-4-14)22-21-25-24-19(12-27-21)16-5-9-18-15(11-16)6-10-20(26)23-18/h3-5,7-9,11,13H,6,10,12H2,1-2H3,(H,22,25)(H,23,26). The summed E-state index contributed by atoms with van der Waals surface area (Å²) in [4.78, 5) is 16.1. The molecule has 2 N–H and O–H groups in total. The molecule has 0 unspecified atom stereocenters. The summed E-state index contributed by atoms with van der Waals surface area (Å²) < 4.78 is 0. The maximum absolute atomic E-state index is 11.5. The predicted octanol–water partition coefficient (Wildman–Crippen LogP) is 4.42. The molecular formula is C21H22N4OS. The molecule has 2 aromatic rings. The van der Waals surface area contributed by atoms with Gasteiger partial charge in [-0.1, -0.05) is 43.8 Å². The molecule has 0 aromatic heterocycles. The van der Waals surface area contributed by atoms with E-state index in [0.29, 0.717) is 12.3 Å². The van der Waals surface area contributed by atoms with Gasteiger partial charge in [-0.05, 0) is 53.3 Å². The first-order valence-corrected chi connectivity index (χ1v) is 10.1. The van der Waals surface area contributed by atoms with E-state index in [-0.39, 0.29) is 5.91 Å². The third-order valence-electron chi connectivity index (χ3n) is 4.76. The van der Waals surface area contributed by atoms with E-state index >= 15 is 0 Å². The lowest BCUT2D eigenvalue weighted by Gasteiger charge is -2.19. The molecule has 2 heterocycles. The predicted molar refractivity (Wildman–Crippen MR) is 113 cm³/mol. The number of hydrogen-bond acceptors (Lipinski definition) is 4. The van der Waals surface area contributed by atoms with Gasteiger partial charge in [0.15, 0.2) is 5.17 Å². The Morgan fingerprint density at radius 1 is 1.11 bits per heavy atom. The van der Waals surface area contributed by atoms with Crippen LogP contribution >= 0.6 is 11.8 Å². The molecule has 1 amide bonds. The number of carbonyl (C=O) groups excluding carboxylic acids is 1. The quantitative estimate of drug-likeness (QED) is 0.831. The number of aliphatic imine (C=N–C) groups is 1. The van der Waals surface area contributed by atoms with Crippen molar-refractivity contribution < 1.29 is 4.79 Å². The topological polar surface area (TPSA) is 65.8 Å². The normalized spacial score (nSPS) is 18.0. The van der Waals surface area contributed by atoms with Crippen molar-refractivity contribution in [2.45, 2.75) is 32.6 Å². The average molecular weight is 379 g/mol. The van der Waals surface area contributed by atoms with Crippen LogP contribution in [0.5, 0.6) is 0 Å². The van der Waals surface area contributed by atoms with Gasteiger partial charge in [0, 0.05) is 17.9 Å². The number of amidine groups is 1. The van der Waals surface area contributed by atoms with Crippen LogP contribution in [-0.2, 0) is 11.2 Å². The zero-order valence-electron chi connectivity index (χ0n) is 15.5. The average Bonchev–Trinajstić information content (AvgIpc) is 2.68. The lowest BCUT2D eigenvalue weighted by molar-refractivity contribution is -0.116. The lowest BCUT2D eigenvalue weighted by Crippen LogP contribution is -2.25. The van der Waals surface area contributed by atoms with Crippen molar-refractivity contribution in [1.29, 1.82) is 0 Å². The Labute approximate surface area is 163 Å². The van der Waals surface area contributed by atoms with Gasteiger partial charge in [0.2, 0.25) is 5.91 Å². The molecule has 0 saturated heterocycles. The smallest absolute Gasteiger partial charge is 0.224 e. The molecule has 27 heavy (non-hydrogen) atoms. The van der Waals surface area contributed by atoms with Gasteiger partial charge >= 0.3 is 0 Å². The Morgan fingerprint density at radius 2 is 1.93 bits per heavy atom. The summed E-state index contributed by atoms with van der Waals surface area (Å²) in [5.74, 6) is 1.37. The fourth-order valence-electron chi connectivity index (χ4n) is 3.14. The van der Waals surface area contributed by atoms with Gasteiger partial charge in [0.1, 0.15) is 0 Å². The van der Waals surface area contributed by atoms with Crippen molar-refractivity contribution in [1.82, 2.24) is 5.43 Å². The van der Waals surface area contributed by atoms with Gasteiger partial charge in [0.25, 0.3) is 0 Å². The summed E-state index contributed by atoms with van der Waals surface area (Å²) in [5, 5.41) is 8.24. The van der Waals surface area contributed by atoms with Crippen molar-refractivity contribution in [3.05, 3.63) is 59.2 Å². The maximum atomic E-state index is 11.5. The number of aryl methyl sites for hydroxylation is 1. The van der Waals surface area contributed by atoms with E-state index in [1.807, 2.05) is 24.3 Å². The van der Waals surface area contributed by atoms with E-state index < -0.39 is 0 Å². The highest BCUT2D eigenvalue weighted by Crippen LogP contribution is 2.26. The Balaban J connectivity index is 1.47. The highest BCUT2D eigenvalue weighted by Gasteiger charge is 2.18. The molecule has 0 radical (unpaired) electrons. The zero-order valence-corrected chi connectivity index (χ0v) is 16.3. The van der Waals surface area contributed by atoms with E-state index in [2.05, 4.69) is 52.9 Å². The van der Waals surface area contributed by atoms with Crippen LogP contribution in [0.25, 0.3) is 0 Å². The van der Waals surface area contributed by atoms with Crippen LogP contribution in [0.15, 0.2) is 52.6 Å². The van der Waals surface area contributed by atoms with Crippen LogP contribution in [0.1, 0.15) is 42.9 Å². The molecule has 6 heteroatoms. The third kappa shape index (κ3) is 4.06. The highest BCUT2D eigenvalue weighted by molar-refractivity contribution is 8.14. The van der Waals surface area contributed by atoms with E-state index in [4.69, 9.17) is 0 Å².